The zero-order valence-corrected chi connectivity index (χ0v) is 11.6. The monoisotopic (exact) mass is 272 g/mol. The third kappa shape index (κ3) is 2.98. The smallest absolute Gasteiger partial charge is 0.259 e. The summed E-state index contributed by atoms with van der Waals surface area (Å²) in [7, 11) is 0. The number of rotatable bonds is 2. The minimum atomic E-state index is 0.439. The molecule has 2 N–H and O–H groups in total. The molecule has 0 radical (unpaired) electrons. The van der Waals surface area contributed by atoms with E-state index in [1.807, 2.05) is 6.07 Å². The van der Waals surface area contributed by atoms with Gasteiger partial charge in [0.1, 0.15) is 5.82 Å². The van der Waals surface area contributed by atoms with E-state index in [0.29, 0.717) is 17.6 Å². The molecule has 1 aliphatic rings. The van der Waals surface area contributed by atoms with Gasteiger partial charge in [-0.1, -0.05) is 37.3 Å². The van der Waals surface area contributed by atoms with E-state index >= 15 is 0 Å². The van der Waals surface area contributed by atoms with Crippen LogP contribution in [0.1, 0.15) is 56.7 Å². The summed E-state index contributed by atoms with van der Waals surface area (Å²) in [6, 6.07) is 3.60. The van der Waals surface area contributed by atoms with E-state index in [1.165, 1.54) is 44.9 Å². The van der Waals surface area contributed by atoms with Gasteiger partial charge in [-0.2, -0.15) is 4.98 Å². The molecular weight excluding hydrogens is 252 g/mol. The minimum absolute atomic E-state index is 0.439. The van der Waals surface area contributed by atoms with Crippen LogP contribution in [0.4, 0.5) is 5.82 Å². The van der Waals surface area contributed by atoms with Crippen LogP contribution in [-0.4, -0.2) is 15.1 Å². The number of anilines is 1. The van der Waals surface area contributed by atoms with Crippen LogP contribution < -0.4 is 5.73 Å². The van der Waals surface area contributed by atoms with Gasteiger partial charge in [0.05, 0.1) is 5.56 Å². The number of nitrogen functional groups attached to an aromatic ring is 1. The summed E-state index contributed by atoms with van der Waals surface area (Å²) in [6.45, 7) is 0. The molecule has 5 nitrogen and oxygen atoms in total. The van der Waals surface area contributed by atoms with Gasteiger partial charge in [0.15, 0.2) is 5.82 Å². The summed E-state index contributed by atoms with van der Waals surface area (Å²) in [6.07, 6.45) is 10.5. The summed E-state index contributed by atoms with van der Waals surface area (Å²) in [5.74, 6) is 2.32. The summed E-state index contributed by atoms with van der Waals surface area (Å²) in [5.41, 5.74) is 6.40. The maximum absolute atomic E-state index is 5.58. The van der Waals surface area contributed by atoms with Crippen molar-refractivity contribution in [3.8, 4) is 11.5 Å². The van der Waals surface area contributed by atoms with Gasteiger partial charge in [-0.25, -0.2) is 4.98 Å². The van der Waals surface area contributed by atoms with E-state index in [1.54, 1.807) is 12.3 Å². The number of nitrogens with two attached hydrogens (primary N) is 1. The maximum Gasteiger partial charge on any atom is 0.259 e. The third-order valence-electron chi connectivity index (χ3n) is 3.95. The van der Waals surface area contributed by atoms with Crippen LogP contribution >= 0.6 is 0 Å². The molecule has 2 heterocycles. The van der Waals surface area contributed by atoms with Crippen molar-refractivity contribution in [2.75, 3.05) is 5.73 Å². The summed E-state index contributed by atoms with van der Waals surface area (Å²) >= 11 is 0. The molecule has 3 rings (SSSR count). The van der Waals surface area contributed by atoms with Gasteiger partial charge >= 0.3 is 0 Å². The van der Waals surface area contributed by atoms with Crippen molar-refractivity contribution in [1.29, 1.82) is 0 Å². The second-order valence-corrected chi connectivity index (χ2v) is 5.47. The molecular formula is C15H20N4O. The first-order chi connectivity index (χ1) is 9.83. The van der Waals surface area contributed by atoms with Crippen molar-refractivity contribution >= 4 is 5.82 Å². The molecule has 1 fully saturated rings. The first-order valence-corrected chi connectivity index (χ1v) is 7.38. The lowest BCUT2D eigenvalue weighted by Gasteiger charge is -2.15. The van der Waals surface area contributed by atoms with Crippen molar-refractivity contribution < 1.29 is 4.52 Å². The molecule has 0 spiro atoms. The van der Waals surface area contributed by atoms with E-state index in [4.69, 9.17) is 10.3 Å². The Kier molecular flexibility index (Phi) is 3.95. The van der Waals surface area contributed by atoms with Crippen LogP contribution in [0.15, 0.2) is 22.9 Å². The molecule has 20 heavy (non-hydrogen) atoms. The molecule has 0 atom stereocenters. The molecule has 2 aromatic heterocycles. The Morgan fingerprint density at radius 1 is 1.05 bits per heavy atom. The SMILES string of the molecule is Nc1ccc(-c2nc(C3CCCCCCC3)no2)cn1. The van der Waals surface area contributed by atoms with Gasteiger partial charge in [0, 0.05) is 12.1 Å². The van der Waals surface area contributed by atoms with Gasteiger partial charge < -0.3 is 10.3 Å². The summed E-state index contributed by atoms with van der Waals surface area (Å²) in [4.78, 5) is 8.60. The fourth-order valence-corrected chi connectivity index (χ4v) is 2.76. The zero-order valence-electron chi connectivity index (χ0n) is 11.6. The lowest BCUT2D eigenvalue weighted by molar-refractivity contribution is 0.393. The van der Waals surface area contributed by atoms with Crippen LogP contribution in [0.3, 0.4) is 0 Å². The number of aromatic nitrogens is 3. The van der Waals surface area contributed by atoms with Gasteiger partial charge in [0.25, 0.3) is 5.89 Å². The van der Waals surface area contributed by atoms with Gasteiger partial charge in [-0.3, -0.25) is 0 Å². The zero-order chi connectivity index (χ0) is 13.8. The van der Waals surface area contributed by atoms with Crippen LogP contribution in [0.2, 0.25) is 0 Å². The third-order valence-corrected chi connectivity index (χ3v) is 3.95. The summed E-state index contributed by atoms with van der Waals surface area (Å²) in [5, 5.41) is 4.17. The van der Waals surface area contributed by atoms with Gasteiger partial charge in [0.2, 0.25) is 0 Å². The van der Waals surface area contributed by atoms with Gasteiger partial charge in [-0.15, -0.1) is 0 Å². The second kappa shape index (κ2) is 6.03. The first-order valence-electron chi connectivity index (χ1n) is 7.38. The predicted octanol–water partition coefficient (Wildman–Crippen LogP) is 3.54. The quantitative estimate of drug-likeness (QED) is 0.904. The lowest BCUT2D eigenvalue weighted by atomic mass is 9.91. The highest BCUT2D eigenvalue weighted by atomic mass is 16.5. The lowest BCUT2D eigenvalue weighted by Crippen LogP contribution is -2.04. The fourth-order valence-electron chi connectivity index (χ4n) is 2.76. The predicted molar refractivity (Wildman–Crippen MR) is 77.0 cm³/mol. The highest BCUT2D eigenvalue weighted by Crippen LogP contribution is 2.30. The molecule has 0 unspecified atom stereocenters. The average Bonchev–Trinajstić information content (AvgIpc) is 2.89. The number of nitrogens with zero attached hydrogens (tertiary/aromatic N) is 3. The molecule has 5 heteroatoms. The molecule has 0 bridgehead atoms. The van der Waals surface area contributed by atoms with Gasteiger partial charge in [-0.05, 0) is 25.0 Å². The standard InChI is InChI=1S/C15H20N4O/c16-13-9-8-12(10-17-13)15-18-14(19-20-15)11-6-4-2-1-3-5-7-11/h8-11H,1-7H2,(H2,16,17). The number of hydrogen-bond donors (Lipinski definition) is 1. The molecule has 0 saturated heterocycles. The van der Waals surface area contributed by atoms with Crippen LogP contribution in [0.25, 0.3) is 11.5 Å². The molecule has 2 aromatic rings. The first kappa shape index (κ1) is 13.1. The van der Waals surface area contributed by atoms with Crippen LogP contribution in [-0.2, 0) is 0 Å². The van der Waals surface area contributed by atoms with Crippen LogP contribution in [0, 0.1) is 0 Å². The van der Waals surface area contributed by atoms with E-state index in [9.17, 15) is 0 Å². The maximum atomic E-state index is 5.58. The van der Waals surface area contributed by atoms with Crippen molar-refractivity contribution in [1.82, 2.24) is 15.1 Å². The Morgan fingerprint density at radius 3 is 2.50 bits per heavy atom. The molecule has 0 aliphatic heterocycles. The fraction of sp³-hybridized carbons (Fsp3) is 0.533. The highest BCUT2D eigenvalue weighted by molar-refractivity contribution is 5.53. The van der Waals surface area contributed by atoms with E-state index in [-0.39, 0.29) is 0 Å². The highest BCUT2D eigenvalue weighted by Gasteiger charge is 2.19. The van der Waals surface area contributed by atoms with E-state index in [2.05, 4.69) is 15.1 Å². The van der Waals surface area contributed by atoms with Crippen molar-refractivity contribution in [2.45, 2.75) is 50.9 Å². The Morgan fingerprint density at radius 2 is 1.80 bits per heavy atom. The van der Waals surface area contributed by atoms with Crippen molar-refractivity contribution in [3.63, 3.8) is 0 Å². The molecule has 0 amide bonds. The van der Waals surface area contributed by atoms with Crippen LogP contribution in [0.5, 0.6) is 0 Å². The van der Waals surface area contributed by atoms with Crippen molar-refractivity contribution in [2.24, 2.45) is 0 Å². The molecule has 106 valence electrons. The van der Waals surface area contributed by atoms with Crippen molar-refractivity contribution in [3.05, 3.63) is 24.2 Å². The Balaban J connectivity index is 1.76. The average molecular weight is 272 g/mol. The Hall–Kier alpha value is -1.91. The Labute approximate surface area is 118 Å². The second-order valence-electron chi connectivity index (χ2n) is 5.47. The minimum Gasteiger partial charge on any atom is -0.384 e. The molecule has 1 aliphatic carbocycles. The topological polar surface area (TPSA) is 77.8 Å². The summed E-state index contributed by atoms with van der Waals surface area (Å²) < 4.78 is 5.37. The molecule has 1 saturated carbocycles. The number of hydrogen-bond acceptors (Lipinski definition) is 5. The normalized spacial score (nSPS) is 17.6. The Bertz CT molecular complexity index is 541. The number of pyridine rings is 1. The molecule has 0 aromatic carbocycles. The van der Waals surface area contributed by atoms with E-state index < -0.39 is 0 Å². The van der Waals surface area contributed by atoms with E-state index in [0.717, 1.165) is 11.4 Å². The largest absolute Gasteiger partial charge is 0.384 e.